The van der Waals surface area contributed by atoms with Gasteiger partial charge in [-0.05, 0) is 48.9 Å². The lowest BCUT2D eigenvalue weighted by atomic mass is 10.2. The minimum Gasteiger partial charge on any atom is -0.493 e. The monoisotopic (exact) mass is 415 g/mol. The third-order valence-electron chi connectivity index (χ3n) is 4.50. The number of rotatable bonds is 7. The summed E-state index contributed by atoms with van der Waals surface area (Å²) in [6.45, 7) is 1.92. The van der Waals surface area contributed by atoms with Gasteiger partial charge in [0.25, 0.3) is 10.0 Å². The van der Waals surface area contributed by atoms with Gasteiger partial charge in [0, 0.05) is 6.07 Å². The number of ether oxygens (including phenoxy) is 2. The van der Waals surface area contributed by atoms with E-state index in [9.17, 15) is 12.8 Å². The van der Waals surface area contributed by atoms with E-state index in [1.807, 2.05) is 6.92 Å². The summed E-state index contributed by atoms with van der Waals surface area (Å²) >= 11 is 0. The number of hydrogen-bond acceptors (Lipinski definition) is 4. The van der Waals surface area contributed by atoms with Crippen LogP contribution in [-0.4, -0.2) is 22.6 Å². The van der Waals surface area contributed by atoms with Crippen molar-refractivity contribution in [1.29, 1.82) is 0 Å². The molecule has 7 heteroatoms. The molecule has 0 heterocycles. The Morgan fingerprint density at radius 1 is 0.862 bits per heavy atom. The summed E-state index contributed by atoms with van der Waals surface area (Å²) in [5.74, 6) is 0.520. The fraction of sp³-hybridized carbons (Fsp3) is 0.182. The Bertz CT molecular complexity index is 1080. The van der Waals surface area contributed by atoms with E-state index in [2.05, 4.69) is 0 Å². The Kier molecular flexibility index (Phi) is 6.08. The van der Waals surface area contributed by atoms with Crippen LogP contribution in [0.3, 0.4) is 0 Å². The van der Waals surface area contributed by atoms with Gasteiger partial charge in [-0.2, -0.15) is 0 Å². The lowest BCUT2D eigenvalue weighted by Crippen LogP contribution is -2.30. The van der Waals surface area contributed by atoms with E-state index >= 15 is 0 Å². The summed E-state index contributed by atoms with van der Waals surface area (Å²) in [6, 6.07) is 17.3. The molecule has 0 spiro atoms. The second kappa shape index (κ2) is 8.53. The Hall–Kier alpha value is -3.06. The maximum atomic E-state index is 13.4. The Morgan fingerprint density at radius 3 is 2.07 bits per heavy atom. The van der Waals surface area contributed by atoms with Gasteiger partial charge in [0.15, 0.2) is 11.5 Å². The number of sulfonamides is 1. The Morgan fingerprint density at radius 2 is 1.48 bits per heavy atom. The molecule has 5 nitrogen and oxygen atoms in total. The van der Waals surface area contributed by atoms with Crippen molar-refractivity contribution in [3.63, 3.8) is 0 Å². The van der Waals surface area contributed by atoms with Gasteiger partial charge >= 0.3 is 0 Å². The van der Waals surface area contributed by atoms with Gasteiger partial charge in [-0.3, -0.25) is 4.31 Å². The Labute approximate surface area is 170 Å². The van der Waals surface area contributed by atoms with Gasteiger partial charge in [-0.25, -0.2) is 12.8 Å². The first-order valence-corrected chi connectivity index (χ1v) is 10.3. The van der Waals surface area contributed by atoms with Crippen LogP contribution in [-0.2, 0) is 16.6 Å². The standard InChI is InChI=1S/C22H22FNO4S/c1-16-4-11-20(12-5-16)29(25,26)24(15-17-6-8-18(23)9-7-17)19-10-13-21(27-2)22(14-19)28-3/h4-14H,15H2,1-3H3. The van der Waals surface area contributed by atoms with E-state index in [1.165, 1.54) is 30.7 Å². The molecule has 0 fully saturated rings. The highest BCUT2D eigenvalue weighted by molar-refractivity contribution is 7.92. The fourth-order valence-electron chi connectivity index (χ4n) is 2.89. The molecule has 152 valence electrons. The average molecular weight is 415 g/mol. The van der Waals surface area contributed by atoms with Gasteiger partial charge < -0.3 is 9.47 Å². The lowest BCUT2D eigenvalue weighted by Gasteiger charge is -2.25. The van der Waals surface area contributed by atoms with Crippen LogP contribution in [0.15, 0.2) is 71.6 Å². The number of halogens is 1. The average Bonchev–Trinajstić information content (AvgIpc) is 2.73. The molecule has 3 aromatic rings. The Balaban J connectivity index is 2.10. The number of nitrogens with zero attached hydrogens (tertiary/aromatic N) is 1. The summed E-state index contributed by atoms with van der Waals surface area (Å²) in [5.41, 5.74) is 2.02. The van der Waals surface area contributed by atoms with Crippen molar-refractivity contribution in [2.24, 2.45) is 0 Å². The second-order valence-corrected chi connectivity index (χ2v) is 8.35. The molecule has 0 saturated carbocycles. The lowest BCUT2D eigenvalue weighted by molar-refractivity contribution is 0.355. The van der Waals surface area contributed by atoms with Crippen molar-refractivity contribution in [2.45, 2.75) is 18.4 Å². The first kappa shape index (κ1) is 20.7. The molecule has 0 bridgehead atoms. The molecule has 0 aromatic heterocycles. The predicted molar refractivity (Wildman–Crippen MR) is 110 cm³/mol. The molecule has 3 aromatic carbocycles. The van der Waals surface area contributed by atoms with Crippen LogP contribution >= 0.6 is 0 Å². The normalized spacial score (nSPS) is 11.2. The summed E-state index contributed by atoms with van der Waals surface area (Å²) in [4.78, 5) is 0.167. The topological polar surface area (TPSA) is 55.8 Å². The molecule has 0 amide bonds. The summed E-state index contributed by atoms with van der Waals surface area (Å²) in [5, 5.41) is 0. The maximum Gasteiger partial charge on any atom is 0.264 e. The highest BCUT2D eigenvalue weighted by Gasteiger charge is 2.26. The number of methoxy groups -OCH3 is 2. The third-order valence-corrected chi connectivity index (χ3v) is 6.29. The van der Waals surface area contributed by atoms with Crippen LogP contribution in [0, 0.1) is 12.7 Å². The summed E-state index contributed by atoms with van der Waals surface area (Å²) in [7, 11) is -0.883. The number of benzene rings is 3. The van der Waals surface area contributed by atoms with Crippen molar-refractivity contribution >= 4 is 15.7 Å². The number of hydrogen-bond donors (Lipinski definition) is 0. The molecular weight excluding hydrogens is 393 g/mol. The second-order valence-electron chi connectivity index (χ2n) is 6.49. The minimum atomic E-state index is -3.88. The minimum absolute atomic E-state index is 0.0337. The molecule has 0 atom stereocenters. The van der Waals surface area contributed by atoms with E-state index in [0.29, 0.717) is 22.7 Å². The van der Waals surface area contributed by atoms with Crippen molar-refractivity contribution in [3.05, 3.63) is 83.7 Å². The van der Waals surface area contributed by atoms with Crippen LogP contribution in [0.5, 0.6) is 11.5 Å². The molecule has 0 saturated heterocycles. The van der Waals surface area contributed by atoms with Crippen LogP contribution in [0.25, 0.3) is 0 Å². The van der Waals surface area contributed by atoms with Crippen molar-refractivity contribution in [3.8, 4) is 11.5 Å². The van der Waals surface area contributed by atoms with E-state index in [0.717, 1.165) is 5.56 Å². The van der Waals surface area contributed by atoms with Crippen LogP contribution in [0.2, 0.25) is 0 Å². The predicted octanol–water partition coefficient (Wildman–Crippen LogP) is 4.55. The van der Waals surface area contributed by atoms with Gasteiger partial charge in [-0.1, -0.05) is 29.8 Å². The molecule has 0 aliphatic heterocycles. The highest BCUT2D eigenvalue weighted by Crippen LogP contribution is 2.34. The zero-order valence-corrected chi connectivity index (χ0v) is 17.2. The molecule has 3 rings (SSSR count). The maximum absolute atomic E-state index is 13.4. The summed E-state index contributed by atoms with van der Waals surface area (Å²) < 4.78 is 52.1. The smallest absolute Gasteiger partial charge is 0.264 e. The van der Waals surface area contributed by atoms with Crippen LogP contribution in [0.4, 0.5) is 10.1 Å². The first-order valence-electron chi connectivity index (χ1n) is 8.91. The summed E-state index contributed by atoms with van der Waals surface area (Å²) in [6.07, 6.45) is 0. The van der Waals surface area contributed by atoms with Crippen LogP contribution in [0.1, 0.15) is 11.1 Å². The van der Waals surface area contributed by atoms with Gasteiger partial charge in [-0.15, -0.1) is 0 Å². The molecule has 29 heavy (non-hydrogen) atoms. The van der Waals surface area contributed by atoms with Gasteiger partial charge in [0.05, 0.1) is 31.3 Å². The number of aryl methyl sites for hydroxylation is 1. The first-order chi connectivity index (χ1) is 13.8. The zero-order chi connectivity index (χ0) is 21.0. The van der Waals surface area contributed by atoms with Crippen molar-refractivity contribution in [1.82, 2.24) is 0 Å². The fourth-order valence-corrected chi connectivity index (χ4v) is 4.33. The van der Waals surface area contributed by atoms with E-state index < -0.39 is 10.0 Å². The van der Waals surface area contributed by atoms with E-state index in [4.69, 9.17) is 9.47 Å². The highest BCUT2D eigenvalue weighted by atomic mass is 32.2. The molecule has 0 radical (unpaired) electrons. The number of anilines is 1. The molecule has 0 unspecified atom stereocenters. The van der Waals surface area contributed by atoms with Crippen molar-refractivity contribution in [2.75, 3.05) is 18.5 Å². The molecular formula is C22H22FNO4S. The largest absolute Gasteiger partial charge is 0.493 e. The van der Waals surface area contributed by atoms with Crippen molar-refractivity contribution < 1.29 is 22.3 Å². The quantitative estimate of drug-likeness (QED) is 0.568. The zero-order valence-electron chi connectivity index (χ0n) is 16.4. The van der Waals surface area contributed by atoms with Gasteiger partial charge in [0.2, 0.25) is 0 Å². The molecule has 0 aliphatic carbocycles. The van der Waals surface area contributed by atoms with Crippen LogP contribution < -0.4 is 13.8 Å². The van der Waals surface area contributed by atoms with E-state index in [-0.39, 0.29) is 17.3 Å². The van der Waals surface area contributed by atoms with E-state index in [1.54, 1.807) is 54.6 Å². The molecule has 0 aliphatic rings. The third kappa shape index (κ3) is 4.51. The van der Waals surface area contributed by atoms with Gasteiger partial charge in [0.1, 0.15) is 5.82 Å². The molecule has 0 N–H and O–H groups in total. The SMILES string of the molecule is COc1ccc(N(Cc2ccc(F)cc2)S(=O)(=O)c2ccc(C)cc2)cc1OC.